The Balaban J connectivity index is 2.20. The van der Waals surface area contributed by atoms with Crippen molar-refractivity contribution < 1.29 is 13.2 Å². The van der Waals surface area contributed by atoms with Crippen molar-refractivity contribution in [1.82, 2.24) is 4.98 Å². The highest BCUT2D eigenvalue weighted by molar-refractivity contribution is 9.10. The van der Waals surface area contributed by atoms with E-state index in [1.807, 2.05) is 12.1 Å². The molecule has 0 aliphatic heterocycles. The van der Waals surface area contributed by atoms with Crippen molar-refractivity contribution >= 4 is 26.0 Å². The molecule has 0 atom stereocenters. The van der Waals surface area contributed by atoms with Crippen molar-refractivity contribution in [3.8, 4) is 5.75 Å². The molecule has 7 heteroatoms. The van der Waals surface area contributed by atoms with Crippen LogP contribution in [0.4, 0.5) is 0 Å². The van der Waals surface area contributed by atoms with Gasteiger partial charge in [-0.2, -0.15) is 0 Å². The molecule has 1 aromatic heterocycles. The number of benzene rings is 1. The standard InChI is InChI=1S/C14H15BrN2O3S/c1-10-8-12(15)9-13(21(16,18)19)14(10)20-7-4-11-2-5-17-6-3-11/h2-3,5-6,8-9H,4,7H2,1H3,(H2,16,18,19). The largest absolute Gasteiger partial charge is 0.492 e. The molecule has 0 saturated heterocycles. The smallest absolute Gasteiger partial charge is 0.241 e. The van der Waals surface area contributed by atoms with Gasteiger partial charge in [-0.05, 0) is 42.3 Å². The molecule has 0 aliphatic carbocycles. The van der Waals surface area contributed by atoms with E-state index < -0.39 is 10.0 Å². The summed E-state index contributed by atoms with van der Waals surface area (Å²) in [5.74, 6) is 0.301. The number of hydrogen-bond donors (Lipinski definition) is 1. The molecule has 1 aromatic carbocycles. The first-order valence-electron chi connectivity index (χ1n) is 6.22. The van der Waals surface area contributed by atoms with Crippen LogP contribution in [0, 0.1) is 6.92 Å². The van der Waals surface area contributed by atoms with Crippen molar-refractivity contribution in [3.63, 3.8) is 0 Å². The number of halogens is 1. The van der Waals surface area contributed by atoms with E-state index >= 15 is 0 Å². The molecular weight excluding hydrogens is 356 g/mol. The molecule has 2 rings (SSSR count). The summed E-state index contributed by atoms with van der Waals surface area (Å²) in [6.07, 6.45) is 4.06. The molecule has 5 nitrogen and oxygen atoms in total. The third-order valence-electron chi connectivity index (χ3n) is 2.90. The fraction of sp³-hybridized carbons (Fsp3) is 0.214. The molecule has 0 radical (unpaired) electrons. The Morgan fingerprint density at radius 3 is 2.57 bits per heavy atom. The van der Waals surface area contributed by atoms with E-state index in [4.69, 9.17) is 9.88 Å². The van der Waals surface area contributed by atoms with Crippen LogP contribution in [0.15, 0.2) is 46.0 Å². The third kappa shape index (κ3) is 4.26. The van der Waals surface area contributed by atoms with Gasteiger partial charge in [0, 0.05) is 23.3 Å². The maximum absolute atomic E-state index is 11.7. The van der Waals surface area contributed by atoms with Crippen molar-refractivity contribution in [2.45, 2.75) is 18.2 Å². The quantitative estimate of drug-likeness (QED) is 0.875. The molecule has 0 amide bonds. The lowest BCUT2D eigenvalue weighted by Crippen LogP contribution is -2.15. The Labute approximate surface area is 132 Å². The fourth-order valence-electron chi connectivity index (χ4n) is 1.92. The Morgan fingerprint density at radius 2 is 1.95 bits per heavy atom. The van der Waals surface area contributed by atoms with Crippen molar-refractivity contribution in [3.05, 3.63) is 52.3 Å². The zero-order valence-corrected chi connectivity index (χ0v) is 13.8. The van der Waals surface area contributed by atoms with Crippen LogP contribution < -0.4 is 9.88 Å². The molecule has 2 N–H and O–H groups in total. The molecule has 112 valence electrons. The second-order valence-electron chi connectivity index (χ2n) is 4.55. The lowest BCUT2D eigenvalue weighted by atomic mass is 10.2. The van der Waals surface area contributed by atoms with Crippen LogP contribution in [0.2, 0.25) is 0 Å². The second-order valence-corrected chi connectivity index (χ2v) is 6.99. The van der Waals surface area contributed by atoms with E-state index in [1.54, 1.807) is 25.4 Å². The van der Waals surface area contributed by atoms with Gasteiger partial charge in [-0.1, -0.05) is 15.9 Å². The number of nitrogens with two attached hydrogens (primary N) is 1. The summed E-state index contributed by atoms with van der Waals surface area (Å²) in [4.78, 5) is 3.93. The van der Waals surface area contributed by atoms with E-state index in [1.165, 1.54) is 6.07 Å². The zero-order chi connectivity index (χ0) is 15.5. The lowest BCUT2D eigenvalue weighted by molar-refractivity contribution is 0.311. The predicted molar refractivity (Wildman–Crippen MR) is 83.7 cm³/mol. The molecule has 0 spiro atoms. The third-order valence-corrected chi connectivity index (χ3v) is 4.27. The highest BCUT2D eigenvalue weighted by atomic mass is 79.9. The first-order valence-corrected chi connectivity index (χ1v) is 8.56. The number of hydrogen-bond acceptors (Lipinski definition) is 4. The number of rotatable bonds is 5. The minimum absolute atomic E-state index is 0.0101. The SMILES string of the molecule is Cc1cc(Br)cc(S(N)(=O)=O)c1OCCc1ccncc1. The highest BCUT2D eigenvalue weighted by Crippen LogP contribution is 2.31. The van der Waals surface area contributed by atoms with Crippen LogP contribution in [0.1, 0.15) is 11.1 Å². The van der Waals surface area contributed by atoms with E-state index in [-0.39, 0.29) is 4.90 Å². The van der Waals surface area contributed by atoms with Gasteiger partial charge in [0.1, 0.15) is 10.6 Å². The summed E-state index contributed by atoms with van der Waals surface area (Å²) in [7, 11) is -3.84. The van der Waals surface area contributed by atoms with Gasteiger partial charge >= 0.3 is 0 Å². The van der Waals surface area contributed by atoms with Gasteiger partial charge in [-0.3, -0.25) is 4.98 Å². The van der Waals surface area contributed by atoms with E-state index in [2.05, 4.69) is 20.9 Å². The Bertz CT molecular complexity index is 733. The fourth-order valence-corrected chi connectivity index (χ4v) is 3.41. The molecule has 0 bridgehead atoms. The normalized spacial score (nSPS) is 11.4. The Morgan fingerprint density at radius 1 is 1.29 bits per heavy atom. The molecule has 0 fully saturated rings. The van der Waals surface area contributed by atoms with Crippen LogP contribution in [0.25, 0.3) is 0 Å². The van der Waals surface area contributed by atoms with Crippen molar-refractivity contribution in [2.24, 2.45) is 5.14 Å². The van der Waals surface area contributed by atoms with Gasteiger partial charge in [0.05, 0.1) is 6.61 Å². The van der Waals surface area contributed by atoms with E-state index in [0.717, 1.165) is 5.56 Å². The number of nitrogens with zero attached hydrogens (tertiary/aromatic N) is 1. The number of pyridine rings is 1. The average Bonchev–Trinajstić information content (AvgIpc) is 2.41. The summed E-state index contributed by atoms with van der Waals surface area (Å²) in [6.45, 7) is 2.14. The predicted octanol–water partition coefficient (Wildman–Crippen LogP) is 2.42. The molecule has 0 saturated carbocycles. The Kier molecular flexibility index (Phi) is 4.97. The van der Waals surface area contributed by atoms with Crippen LogP contribution in [0.3, 0.4) is 0 Å². The maximum Gasteiger partial charge on any atom is 0.241 e. The monoisotopic (exact) mass is 370 g/mol. The minimum Gasteiger partial charge on any atom is -0.492 e. The summed E-state index contributed by atoms with van der Waals surface area (Å²) in [5, 5.41) is 5.24. The topological polar surface area (TPSA) is 82.3 Å². The van der Waals surface area contributed by atoms with Crippen LogP contribution in [0.5, 0.6) is 5.75 Å². The molecule has 0 aliphatic rings. The van der Waals surface area contributed by atoms with E-state index in [0.29, 0.717) is 28.8 Å². The summed E-state index contributed by atoms with van der Waals surface area (Å²) in [5.41, 5.74) is 1.78. The van der Waals surface area contributed by atoms with Gasteiger partial charge < -0.3 is 4.74 Å². The lowest BCUT2D eigenvalue weighted by Gasteiger charge is -2.13. The Hall–Kier alpha value is -1.44. The second kappa shape index (κ2) is 6.55. The number of aromatic nitrogens is 1. The number of aryl methyl sites for hydroxylation is 1. The van der Waals surface area contributed by atoms with Crippen LogP contribution in [-0.2, 0) is 16.4 Å². The first-order chi connectivity index (χ1) is 9.88. The number of sulfonamides is 1. The summed E-state index contributed by atoms with van der Waals surface area (Å²) >= 11 is 3.26. The average molecular weight is 371 g/mol. The van der Waals surface area contributed by atoms with E-state index in [9.17, 15) is 8.42 Å². The first kappa shape index (κ1) is 15.9. The van der Waals surface area contributed by atoms with Gasteiger partial charge in [0.25, 0.3) is 0 Å². The maximum atomic E-state index is 11.7. The van der Waals surface area contributed by atoms with Crippen LogP contribution in [-0.4, -0.2) is 20.0 Å². The van der Waals surface area contributed by atoms with Gasteiger partial charge in [-0.25, -0.2) is 13.6 Å². The van der Waals surface area contributed by atoms with Gasteiger partial charge in [-0.15, -0.1) is 0 Å². The van der Waals surface area contributed by atoms with Crippen molar-refractivity contribution in [2.75, 3.05) is 6.61 Å². The van der Waals surface area contributed by atoms with Gasteiger partial charge in [0.15, 0.2) is 0 Å². The molecule has 21 heavy (non-hydrogen) atoms. The molecule has 1 heterocycles. The van der Waals surface area contributed by atoms with Crippen molar-refractivity contribution in [1.29, 1.82) is 0 Å². The summed E-state index contributed by atoms with van der Waals surface area (Å²) < 4.78 is 29.6. The summed E-state index contributed by atoms with van der Waals surface area (Å²) in [6, 6.07) is 7.01. The van der Waals surface area contributed by atoms with Crippen LogP contribution >= 0.6 is 15.9 Å². The molecule has 2 aromatic rings. The highest BCUT2D eigenvalue weighted by Gasteiger charge is 2.18. The molecular formula is C14H15BrN2O3S. The minimum atomic E-state index is -3.84. The number of ether oxygens (including phenoxy) is 1. The van der Waals surface area contributed by atoms with Gasteiger partial charge in [0.2, 0.25) is 10.0 Å². The zero-order valence-electron chi connectivity index (χ0n) is 11.4. The molecule has 0 unspecified atom stereocenters. The number of primary sulfonamides is 1.